The Hall–Kier alpha value is -2.59. The number of nitrogens with one attached hydrogen (secondary N) is 1. The van der Waals surface area contributed by atoms with Gasteiger partial charge < -0.3 is 14.8 Å². The van der Waals surface area contributed by atoms with Gasteiger partial charge in [0.05, 0.1) is 5.56 Å². The Morgan fingerprint density at radius 2 is 1.93 bits per heavy atom. The molecule has 2 aliphatic heterocycles. The highest BCUT2D eigenvalue weighted by molar-refractivity contribution is 7.89. The molecule has 1 saturated heterocycles. The maximum atomic E-state index is 13.0. The van der Waals surface area contributed by atoms with Gasteiger partial charge in [-0.2, -0.15) is 9.40 Å². The van der Waals surface area contributed by atoms with E-state index in [1.54, 1.807) is 19.2 Å². The number of ether oxygens (including phenoxy) is 2. The SMILES string of the molecule is Cn1cc(C(=O)NCc2ccc3c(c2)OCO3)c(S(=O)(=O)N2CCCCC2)n1. The summed E-state index contributed by atoms with van der Waals surface area (Å²) in [5, 5.41) is 6.64. The van der Waals surface area contributed by atoms with Crippen LogP contribution in [0.1, 0.15) is 35.2 Å². The number of hydrogen-bond donors (Lipinski definition) is 1. The number of rotatable bonds is 5. The fourth-order valence-electron chi connectivity index (χ4n) is 3.37. The maximum absolute atomic E-state index is 13.0. The number of carbonyl (C=O) groups excluding carboxylic acids is 1. The van der Waals surface area contributed by atoms with Crippen LogP contribution < -0.4 is 14.8 Å². The van der Waals surface area contributed by atoms with Crippen LogP contribution in [-0.2, 0) is 23.6 Å². The van der Waals surface area contributed by atoms with E-state index in [1.165, 1.54) is 15.2 Å². The van der Waals surface area contributed by atoms with Crippen molar-refractivity contribution >= 4 is 15.9 Å². The molecule has 28 heavy (non-hydrogen) atoms. The Bertz CT molecular complexity index is 995. The highest BCUT2D eigenvalue weighted by atomic mass is 32.2. The van der Waals surface area contributed by atoms with Gasteiger partial charge in [0, 0.05) is 32.9 Å². The van der Waals surface area contributed by atoms with Crippen molar-refractivity contribution in [3.8, 4) is 11.5 Å². The second-order valence-electron chi connectivity index (χ2n) is 6.86. The van der Waals surface area contributed by atoms with Gasteiger partial charge in [0.2, 0.25) is 11.8 Å². The van der Waals surface area contributed by atoms with Crippen LogP contribution in [0.2, 0.25) is 0 Å². The summed E-state index contributed by atoms with van der Waals surface area (Å²) in [6, 6.07) is 5.39. The van der Waals surface area contributed by atoms with Crippen LogP contribution in [0.4, 0.5) is 0 Å². The van der Waals surface area contributed by atoms with E-state index in [2.05, 4.69) is 10.4 Å². The van der Waals surface area contributed by atoms with Crippen LogP contribution >= 0.6 is 0 Å². The van der Waals surface area contributed by atoms with Gasteiger partial charge in [-0.05, 0) is 30.5 Å². The minimum absolute atomic E-state index is 0.0498. The van der Waals surface area contributed by atoms with Crippen molar-refractivity contribution in [3.05, 3.63) is 35.5 Å². The molecule has 2 aliphatic rings. The zero-order chi connectivity index (χ0) is 19.7. The van der Waals surface area contributed by atoms with Crippen LogP contribution in [0.5, 0.6) is 11.5 Å². The van der Waals surface area contributed by atoms with Gasteiger partial charge in [-0.3, -0.25) is 9.48 Å². The van der Waals surface area contributed by atoms with Gasteiger partial charge in [0.25, 0.3) is 15.9 Å². The largest absolute Gasteiger partial charge is 0.454 e. The second-order valence-corrected chi connectivity index (χ2v) is 8.71. The smallest absolute Gasteiger partial charge is 0.263 e. The lowest BCUT2D eigenvalue weighted by atomic mass is 10.2. The molecule has 0 spiro atoms. The summed E-state index contributed by atoms with van der Waals surface area (Å²) in [5.41, 5.74) is 0.871. The third kappa shape index (κ3) is 3.57. The number of aromatic nitrogens is 2. The Morgan fingerprint density at radius 1 is 1.18 bits per heavy atom. The Kier molecular flexibility index (Phi) is 4.98. The number of fused-ring (bicyclic) bond motifs is 1. The van der Waals surface area contributed by atoms with E-state index in [9.17, 15) is 13.2 Å². The van der Waals surface area contributed by atoms with Crippen LogP contribution in [0.25, 0.3) is 0 Å². The van der Waals surface area contributed by atoms with Crippen molar-refractivity contribution < 1.29 is 22.7 Å². The van der Waals surface area contributed by atoms with E-state index in [0.717, 1.165) is 24.8 Å². The molecule has 10 heteroatoms. The Morgan fingerprint density at radius 3 is 2.71 bits per heavy atom. The molecule has 1 aromatic heterocycles. The molecule has 1 aromatic carbocycles. The molecule has 0 bridgehead atoms. The monoisotopic (exact) mass is 406 g/mol. The highest BCUT2D eigenvalue weighted by Gasteiger charge is 2.33. The minimum Gasteiger partial charge on any atom is -0.454 e. The molecule has 0 aliphatic carbocycles. The van der Waals surface area contributed by atoms with Gasteiger partial charge in [0.15, 0.2) is 11.5 Å². The normalized spacial score (nSPS) is 16.9. The maximum Gasteiger partial charge on any atom is 0.263 e. The quantitative estimate of drug-likeness (QED) is 0.802. The molecule has 1 amide bonds. The zero-order valence-electron chi connectivity index (χ0n) is 15.6. The van der Waals surface area contributed by atoms with Crippen molar-refractivity contribution in [3.63, 3.8) is 0 Å². The number of aryl methyl sites for hydroxylation is 1. The molecular weight excluding hydrogens is 384 g/mol. The first-order valence-electron chi connectivity index (χ1n) is 9.16. The lowest BCUT2D eigenvalue weighted by molar-refractivity contribution is 0.0947. The van der Waals surface area contributed by atoms with E-state index >= 15 is 0 Å². The van der Waals surface area contributed by atoms with E-state index in [4.69, 9.17) is 9.47 Å². The molecule has 0 unspecified atom stereocenters. The summed E-state index contributed by atoms with van der Waals surface area (Å²) in [7, 11) is -2.20. The number of nitrogens with zero attached hydrogens (tertiary/aromatic N) is 3. The molecule has 1 N–H and O–H groups in total. The van der Waals surface area contributed by atoms with Crippen molar-refractivity contribution in [1.29, 1.82) is 0 Å². The fourth-order valence-corrected chi connectivity index (χ4v) is 5.01. The number of sulfonamides is 1. The standard InChI is InChI=1S/C18H22N4O5S/c1-21-11-14(18(20-21)28(24,25)22-7-3-2-4-8-22)17(23)19-10-13-5-6-15-16(9-13)27-12-26-15/h5-6,9,11H,2-4,7-8,10,12H2,1H3,(H,19,23). The van der Waals surface area contributed by atoms with E-state index in [0.29, 0.717) is 24.6 Å². The van der Waals surface area contributed by atoms with Crippen molar-refractivity contribution in [2.45, 2.75) is 30.8 Å². The summed E-state index contributed by atoms with van der Waals surface area (Å²) in [5.74, 6) is 0.806. The number of piperidine rings is 1. The van der Waals surface area contributed by atoms with Crippen LogP contribution in [0.3, 0.4) is 0 Å². The summed E-state index contributed by atoms with van der Waals surface area (Å²) in [6.45, 7) is 1.32. The predicted octanol–water partition coefficient (Wildman–Crippen LogP) is 1.25. The summed E-state index contributed by atoms with van der Waals surface area (Å²) in [6.07, 6.45) is 4.08. The average Bonchev–Trinajstić information content (AvgIpc) is 3.33. The van der Waals surface area contributed by atoms with Gasteiger partial charge in [0.1, 0.15) is 0 Å². The lowest BCUT2D eigenvalue weighted by Gasteiger charge is -2.25. The van der Waals surface area contributed by atoms with Gasteiger partial charge in [-0.1, -0.05) is 12.5 Å². The van der Waals surface area contributed by atoms with E-state index in [-0.39, 0.29) is 23.9 Å². The van der Waals surface area contributed by atoms with Crippen molar-refractivity contribution in [2.75, 3.05) is 19.9 Å². The molecule has 0 atom stereocenters. The van der Waals surface area contributed by atoms with Crippen LogP contribution in [0, 0.1) is 0 Å². The number of carbonyl (C=O) groups is 1. The fraction of sp³-hybridized carbons (Fsp3) is 0.444. The third-order valence-electron chi connectivity index (χ3n) is 4.83. The second kappa shape index (κ2) is 7.44. The molecule has 3 heterocycles. The minimum atomic E-state index is -3.80. The Balaban J connectivity index is 1.52. The van der Waals surface area contributed by atoms with Crippen molar-refractivity contribution in [1.82, 2.24) is 19.4 Å². The average molecular weight is 406 g/mol. The van der Waals surface area contributed by atoms with Crippen LogP contribution in [-0.4, -0.2) is 48.3 Å². The molecule has 2 aromatic rings. The first kappa shape index (κ1) is 18.8. The summed E-state index contributed by atoms with van der Waals surface area (Å²) < 4.78 is 39.3. The predicted molar refractivity (Wildman–Crippen MR) is 99.6 cm³/mol. The van der Waals surface area contributed by atoms with Gasteiger partial charge in [-0.25, -0.2) is 8.42 Å². The first-order chi connectivity index (χ1) is 13.4. The molecule has 0 radical (unpaired) electrons. The van der Waals surface area contributed by atoms with Crippen LogP contribution in [0.15, 0.2) is 29.4 Å². The Labute approximate surface area is 163 Å². The number of hydrogen-bond acceptors (Lipinski definition) is 6. The first-order valence-corrected chi connectivity index (χ1v) is 10.6. The molecule has 0 saturated carbocycles. The molecule has 150 valence electrons. The zero-order valence-corrected chi connectivity index (χ0v) is 16.4. The third-order valence-corrected chi connectivity index (χ3v) is 6.66. The molecule has 4 rings (SSSR count). The summed E-state index contributed by atoms with van der Waals surface area (Å²) >= 11 is 0. The van der Waals surface area contributed by atoms with Gasteiger partial charge in [-0.15, -0.1) is 0 Å². The van der Waals surface area contributed by atoms with Gasteiger partial charge >= 0.3 is 0 Å². The highest BCUT2D eigenvalue weighted by Crippen LogP contribution is 2.32. The topological polar surface area (TPSA) is 103 Å². The van der Waals surface area contributed by atoms with E-state index in [1.807, 2.05) is 6.07 Å². The van der Waals surface area contributed by atoms with E-state index < -0.39 is 15.9 Å². The number of benzene rings is 1. The summed E-state index contributed by atoms with van der Waals surface area (Å²) in [4.78, 5) is 12.7. The molecule has 9 nitrogen and oxygen atoms in total. The van der Waals surface area contributed by atoms with Crippen molar-refractivity contribution in [2.24, 2.45) is 7.05 Å². The molecule has 1 fully saturated rings. The number of amides is 1. The lowest BCUT2D eigenvalue weighted by Crippen LogP contribution is -2.37. The molecular formula is C18H22N4O5S.